The third-order valence-corrected chi connectivity index (χ3v) is 8.47. The molecule has 6 aromatic carbocycles. The second-order valence-corrected chi connectivity index (χ2v) is 11.0. The minimum Gasteiger partial charge on any atom is -0.455 e. The van der Waals surface area contributed by atoms with Crippen molar-refractivity contribution in [1.29, 1.82) is 0 Å². The van der Waals surface area contributed by atoms with E-state index in [0.29, 0.717) is 0 Å². The minimum atomic E-state index is 0.873. The molecule has 3 aromatic heterocycles. The van der Waals surface area contributed by atoms with E-state index in [9.17, 15) is 0 Å². The summed E-state index contributed by atoms with van der Waals surface area (Å²) < 4.78 is 8.73. The van der Waals surface area contributed by atoms with Crippen LogP contribution < -0.4 is 0 Å². The van der Waals surface area contributed by atoms with Gasteiger partial charge >= 0.3 is 0 Å². The van der Waals surface area contributed by atoms with Crippen LogP contribution in [0.3, 0.4) is 0 Å². The number of benzene rings is 6. The van der Waals surface area contributed by atoms with Crippen LogP contribution in [0.25, 0.3) is 83.2 Å². The van der Waals surface area contributed by atoms with Crippen molar-refractivity contribution in [2.45, 2.75) is 0 Å². The highest BCUT2D eigenvalue weighted by Crippen LogP contribution is 2.41. The zero-order valence-electron chi connectivity index (χ0n) is 23.7. The Morgan fingerprint density at radius 3 is 2.11 bits per heavy atom. The van der Waals surface area contributed by atoms with Crippen molar-refractivity contribution in [3.8, 4) is 39.5 Å². The van der Waals surface area contributed by atoms with Crippen LogP contribution in [-0.2, 0) is 0 Å². The zero-order chi connectivity index (χ0) is 29.0. The molecule has 0 unspecified atom stereocenters. The largest absolute Gasteiger partial charge is 0.455 e. The summed E-state index contributed by atoms with van der Waals surface area (Å²) in [5.41, 5.74) is 10.3. The summed E-state index contributed by atoms with van der Waals surface area (Å²) in [6.45, 7) is 0. The second-order valence-electron chi connectivity index (χ2n) is 11.0. The summed E-state index contributed by atoms with van der Waals surface area (Å²) in [6.07, 6.45) is 1.83. The summed E-state index contributed by atoms with van der Waals surface area (Å²) in [7, 11) is 0. The van der Waals surface area contributed by atoms with E-state index >= 15 is 0 Å². The zero-order valence-corrected chi connectivity index (χ0v) is 23.7. The number of hydrogen-bond donors (Lipinski definition) is 0. The molecular weight excluding hydrogens is 538 g/mol. The lowest BCUT2D eigenvalue weighted by molar-refractivity contribution is 0.673. The van der Waals surface area contributed by atoms with Gasteiger partial charge in [0.2, 0.25) is 0 Å². The molecule has 4 heteroatoms. The third-order valence-electron chi connectivity index (χ3n) is 8.47. The molecule has 0 aliphatic rings. The molecule has 44 heavy (non-hydrogen) atoms. The molecule has 0 N–H and O–H groups in total. The van der Waals surface area contributed by atoms with E-state index in [0.717, 1.165) is 77.6 Å². The van der Waals surface area contributed by atoms with Gasteiger partial charge in [-0.1, -0.05) is 84.9 Å². The summed E-state index contributed by atoms with van der Waals surface area (Å²) in [5.74, 6) is 0.931. The fourth-order valence-electron chi connectivity index (χ4n) is 6.39. The van der Waals surface area contributed by atoms with E-state index in [1.807, 2.05) is 36.5 Å². The molecule has 0 aliphatic heterocycles. The van der Waals surface area contributed by atoms with Gasteiger partial charge in [0.15, 0.2) is 0 Å². The first kappa shape index (κ1) is 24.6. The van der Waals surface area contributed by atoms with Crippen LogP contribution in [0.1, 0.15) is 0 Å². The van der Waals surface area contributed by atoms with E-state index in [1.54, 1.807) is 0 Å². The average Bonchev–Trinajstić information content (AvgIpc) is 3.67. The molecule has 0 fully saturated rings. The Bertz CT molecular complexity index is 2470. The number of rotatable bonds is 4. The molecule has 9 rings (SSSR count). The lowest BCUT2D eigenvalue weighted by atomic mass is 9.95. The average molecular weight is 564 g/mol. The number of nitrogens with zero attached hydrogens (tertiary/aromatic N) is 3. The predicted octanol–water partition coefficient (Wildman–Crippen LogP) is 10.5. The van der Waals surface area contributed by atoms with Crippen LogP contribution in [0.15, 0.2) is 156 Å². The number of aromatic nitrogens is 3. The fraction of sp³-hybridized carbons (Fsp3) is 0. The van der Waals surface area contributed by atoms with Gasteiger partial charge in [-0.05, 0) is 77.2 Å². The Hall–Kier alpha value is -6.00. The molecule has 0 amide bonds. The normalized spacial score (nSPS) is 11.6. The summed E-state index contributed by atoms with van der Waals surface area (Å²) in [4.78, 5) is 9.59. The molecule has 0 spiro atoms. The highest BCUT2D eigenvalue weighted by Gasteiger charge is 2.17. The van der Waals surface area contributed by atoms with Crippen molar-refractivity contribution in [2.75, 3.05) is 0 Å². The summed E-state index contributed by atoms with van der Waals surface area (Å²) in [5, 5.41) is 4.45. The highest BCUT2D eigenvalue weighted by atomic mass is 16.3. The third kappa shape index (κ3) is 3.85. The Balaban J connectivity index is 1.23. The van der Waals surface area contributed by atoms with Gasteiger partial charge in [-0.2, -0.15) is 0 Å². The lowest BCUT2D eigenvalue weighted by Crippen LogP contribution is -1.97. The maximum Gasteiger partial charge on any atom is 0.145 e. The van der Waals surface area contributed by atoms with Gasteiger partial charge in [0, 0.05) is 39.2 Å². The molecular formula is C40H25N3O. The number of furan rings is 1. The monoisotopic (exact) mass is 563 g/mol. The van der Waals surface area contributed by atoms with E-state index in [4.69, 9.17) is 9.40 Å². The van der Waals surface area contributed by atoms with Crippen LogP contribution in [0.5, 0.6) is 0 Å². The van der Waals surface area contributed by atoms with E-state index in [1.165, 1.54) is 5.56 Å². The summed E-state index contributed by atoms with van der Waals surface area (Å²) in [6, 6.07) is 50.6. The first-order valence-electron chi connectivity index (χ1n) is 14.7. The quantitative estimate of drug-likeness (QED) is 0.214. The SMILES string of the molecule is c1ccc(-c2nc3ccccc3n2-c2ccc(-c3cc4c5cc(-c6ccccn6)ccc5oc4c4ccccc34)cc2)cc1. The molecule has 0 saturated heterocycles. The van der Waals surface area contributed by atoms with Crippen molar-refractivity contribution in [3.63, 3.8) is 0 Å². The molecule has 0 aliphatic carbocycles. The number of pyridine rings is 1. The Morgan fingerprint density at radius 2 is 1.27 bits per heavy atom. The summed E-state index contributed by atoms with van der Waals surface area (Å²) >= 11 is 0. The predicted molar refractivity (Wildman–Crippen MR) is 180 cm³/mol. The first-order valence-corrected chi connectivity index (χ1v) is 14.7. The molecule has 206 valence electrons. The van der Waals surface area contributed by atoms with Crippen molar-refractivity contribution in [2.24, 2.45) is 0 Å². The van der Waals surface area contributed by atoms with Gasteiger partial charge in [0.25, 0.3) is 0 Å². The molecule has 0 bridgehead atoms. The minimum absolute atomic E-state index is 0.873. The Labute approximate surface area is 253 Å². The highest BCUT2D eigenvalue weighted by molar-refractivity contribution is 6.19. The van der Waals surface area contributed by atoms with Crippen molar-refractivity contribution >= 4 is 43.7 Å². The Kier molecular flexibility index (Phi) is 5.47. The molecule has 3 heterocycles. The topological polar surface area (TPSA) is 43.9 Å². The van der Waals surface area contributed by atoms with Gasteiger partial charge in [0.05, 0.1) is 16.7 Å². The van der Waals surface area contributed by atoms with Gasteiger partial charge in [-0.15, -0.1) is 0 Å². The van der Waals surface area contributed by atoms with Crippen molar-refractivity contribution < 1.29 is 4.42 Å². The molecule has 0 saturated carbocycles. The van der Waals surface area contributed by atoms with Crippen molar-refractivity contribution in [1.82, 2.24) is 14.5 Å². The molecule has 9 aromatic rings. The fourth-order valence-corrected chi connectivity index (χ4v) is 6.39. The lowest BCUT2D eigenvalue weighted by Gasteiger charge is -2.12. The van der Waals surface area contributed by atoms with Crippen LogP contribution in [0, 0.1) is 0 Å². The van der Waals surface area contributed by atoms with Crippen LogP contribution in [0.2, 0.25) is 0 Å². The maximum absolute atomic E-state index is 6.48. The number of imidazole rings is 1. The van der Waals surface area contributed by atoms with E-state index in [2.05, 4.69) is 125 Å². The number of para-hydroxylation sites is 2. The van der Waals surface area contributed by atoms with Crippen LogP contribution >= 0.6 is 0 Å². The van der Waals surface area contributed by atoms with Crippen molar-refractivity contribution in [3.05, 3.63) is 152 Å². The van der Waals surface area contributed by atoms with Crippen LogP contribution in [0.4, 0.5) is 0 Å². The van der Waals surface area contributed by atoms with Gasteiger partial charge in [0.1, 0.15) is 17.0 Å². The number of hydrogen-bond acceptors (Lipinski definition) is 3. The van der Waals surface area contributed by atoms with Gasteiger partial charge < -0.3 is 4.42 Å². The van der Waals surface area contributed by atoms with Crippen LogP contribution in [-0.4, -0.2) is 14.5 Å². The van der Waals surface area contributed by atoms with E-state index in [-0.39, 0.29) is 0 Å². The maximum atomic E-state index is 6.48. The smallest absolute Gasteiger partial charge is 0.145 e. The first-order chi connectivity index (χ1) is 21.8. The molecule has 0 radical (unpaired) electrons. The standard InChI is InChI=1S/C40H25N3O/c1-2-10-27(11-3-1)40-42-36-15-6-7-16-37(36)43(40)29-20-17-26(18-21-29)32-25-34-33-24-28(35-14-8-9-23-41-35)19-22-38(33)44-39(34)31-13-5-4-12-30(31)32/h1-25H. The van der Waals surface area contributed by atoms with E-state index < -0.39 is 0 Å². The molecule has 4 nitrogen and oxygen atoms in total. The second kappa shape index (κ2) is 9.79. The Morgan fingerprint density at radius 1 is 0.523 bits per heavy atom. The number of fused-ring (bicyclic) bond motifs is 6. The molecule has 0 atom stereocenters. The van der Waals surface area contributed by atoms with Gasteiger partial charge in [-0.3, -0.25) is 9.55 Å². The van der Waals surface area contributed by atoms with Gasteiger partial charge in [-0.25, -0.2) is 4.98 Å².